The van der Waals surface area contributed by atoms with E-state index in [1.165, 1.54) is 24.1 Å². The third-order valence-corrected chi connectivity index (χ3v) is 7.09. The highest BCUT2D eigenvalue weighted by atomic mass is 35.5. The summed E-state index contributed by atoms with van der Waals surface area (Å²) in [6.45, 7) is 0.954. The Morgan fingerprint density at radius 1 is 1.12 bits per heavy atom. The second-order valence-electron chi connectivity index (χ2n) is 9.16. The van der Waals surface area contributed by atoms with Crippen molar-refractivity contribution in [2.45, 2.75) is 25.9 Å². The van der Waals surface area contributed by atoms with Gasteiger partial charge in [0.1, 0.15) is 0 Å². The summed E-state index contributed by atoms with van der Waals surface area (Å²) in [5.74, 6) is -4.63. The van der Waals surface area contributed by atoms with Gasteiger partial charge in [-0.05, 0) is 64.9 Å². The number of amides is 1. The SMILES string of the molecule is CN(Cc1ccccc1C(=O)O)C(=O)/C(=C/c1ccc2c(cnn2Cc2ccc(Cl)cc2C(C)(F)F)c1)SC=O. The molecule has 0 bridgehead atoms. The molecule has 0 saturated heterocycles. The average molecular weight is 584 g/mol. The number of aromatic carboxylic acids is 1. The molecule has 11 heteroatoms. The number of rotatable bonds is 10. The maximum Gasteiger partial charge on any atom is 0.336 e. The quantitative estimate of drug-likeness (QED) is 0.170. The Kier molecular flexibility index (Phi) is 8.70. The van der Waals surface area contributed by atoms with Crippen LogP contribution in [-0.4, -0.2) is 44.3 Å². The van der Waals surface area contributed by atoms with Gasteiger partial charge in [-0.25, -0.2) is 13.6 Å². The molecule has 0 aliphatic heterocycles. The third kappa shape index (κ3) is 6.57. The highest BCUT2D eigenvalue weighted by molar-refractivity contribution is 8.16. The largest absolute Gasteiger partial charge is 0.478 e. The van der Waals surface area contributed by atoms with Gasteiger partial charge < -0.3 is 10.0 Å². The van der Waals surface area contributed by atoms with Gasteiger partial charge >= 0.3 is 5.97 Å². The predicted octanol–water partition coefficient (Wildman–Crippen LogP) is 6.47. The van der Waals surface area contributed by atoms with E-state index < -0.39 is 17.8 Å². The molecule has 3 aromatic carbocycles. The highest BCUT2D eigenvalue weighted by Gasteiger charge is 2.28. The normalized spacial score (nSPS) is 12.0. The first-order chi connectivity index (χ1) is 19.0. The Labute approximate surface area is 238 Å². The van der Waals surface area contributed by atoms with Crippen LogP contribution in [0.15, 0.2) is 71.8 Å². The van der Waals surface area contributed by atoms with Crippen molar-refractivity contribution in [1.29, 1.82) is 0 Å². The molecule has 0 spiro atoms. The monoisotopic (exact) mass is 583 g/mol. The molecule has 0 saturated carbocycles. The minimum Gasteiger partial charge on any atom is -0.478 e. The standard InChI is InChI=1S/C29H24ClF2N3O4S/c1-29(31,32)24-13-22(30)9-8-20(24)16-35-25-10-7-18(11-21(25)14-33-35)12-26(40-17-36)27(37)34(2)15-19-5-3-4-6-23(19)28(38)39/h3-14,17H,15-16H2,1-2H3,(H,38,39)/b26-12-. The number of benzene rings is 3. The van der Waals surface area contributed by atoms with Crippen LogP contribution < -0.4 is 0 Å². The van der Waals surface area contributed by atoms with Gasteiger partial charge in [0.25, 0.3) is 11.8 Å². The summed E-state index contributed by atoms with van der Waals surface area (Å²) in [5.41, 5.74) is 2.62. The second kappa shape index (κ2) is 12.0. The van der Waals surface area contributed by atoms with Crippen molar-refractivity contribution in [3.05, 3.63) is 105 Å². The molecule has 1 aromatic heterocycles. The molecule has 0 aliphatic carbocycles. The third-order valence-electron chi connectivity index (χ3n) is 6.22. The van der Waals surface area contributed by atoms with Crippen molar-refractivity contribution < 1.29 is 28.3 Å². The number of carbonyl (C=O) groups excluding carboxylic acids is 2. The van der Waals surface area contributed by atoms with E-state index >= 15 is 0 Å². The van der Waals surface area contributed by atoms with Crippen molar-refractivity contribution in [2.75, 3.05) is 7.05 Å². The molecular formula is C29H24ClF2N3O4S. The number of alkyl halides is 2. The molecule has 7 nitrogen and oxygen atoms in total. The maximum absolute atomic E-state index is 14.2. The summed E-state index contributed by atoms with van der Waals surface area (Å²) < 4.78 is 30.0. The number of carboxylic acids is 1. The van der Waals surface area contributed by atoms with Crippen LogP contribution in [-0.2, 0) is 28.6 Å². The molecule has 4 aromatic rings. The van der Waals surface area contributed by atoms with Crippen LogP contribution in [0, 0.1) is 0 Å². The average Bonchev–Trinajstić information content (AvgIpc) is 3.30. The smallest absolute Gasteiger partial charge is 0.336 e. The highest BCUT2D eigenvalue weighted by Crippen LogP contribution is 2.33. The van der Waals surface area contributed by atoms with Crippen LogP contribution in [0.3, 0.4) is 0 Å². The Bertz CT molecular complexity index is 1630. The fourth-order valence-electron chi connectivity index (χ4n) is 4.31. The van der Waals surface area contributed by atoms with E-state index in [9.17, 15) is 28.3 Å². The Hall–Kier alpha value is -4.02. The van der Waals surface area contributed by atoms with E-state index in [-0.39, 0.29) is 34.1 Å². The molecule has 40 heavy (non-hydrogen) atoms. The first-order valence-corrected chi connectivity index (χ1v) is 13.2. The first-order valence-electron chi connectivity index (χ1n) is 12.0. The second-order valence-corrected chi connectivity index (χ2v) is 10.5. The molecule has 1 heterocycles. The van der Waals surface area contributed by atoms with Crippen LogP contribution in [0.4, 0.5) is 8.78 Å². The van der Waals surface area contributed by atoms with Crippen LogP contribution in [0.5, 0.6) is 0 Å². The Balaban J connectivity index is 1.60. The zero-order chi connectivity index (χ0) is 29.0. The summed E-state index contributed by atoms with van der Waals surface area (Å²) in [5, 5.41) is 14.7. The zero-order valence-electron chi connectivity index (χ0n) is 21.5. The van der Waals surface area contributed by atoms with Crippen LogP contribution in [0.2, 0.25) is 5.02 Å². The van der Waals surface area contributed by atoms with E-state index in [2.05, 4.69) is 5.10 Å². The van der Waals surface area contributed by atoms with E-state index in [4.69, 9.17) is 11.6 Å². The zero-order valence-corrected chi connectivity index (χ0v) is 23.0. The first kappa shape index (κ1) is 29.0. The molecule has 1 N–H and O–H groups in total. The van der Waals surface area contributed by atoms with Gasteiger partial charge in [-0.2, -0.15) is 5.10 Å². The summed E-state index contributed by atoms with van der Waals surface area (Å²) in [6, 6.07) is 16.0. The van der Waals surface area contributed by atoms with Crippen LogP contribution in [0.25, 0.3) is 17.0 Å². The van der Waals surface area contributed by atoms with E-state index in [1.54, 1.807) is 65.5 Å². The molecular weight excluding hydrogens is 560 g/mol. The minimum atomic E-state index is -3.08. The molecule has 0 fully saturated rings. The van der Waals surface area contributed by atoms with E-state index in [1.807, 2.05) is 0 Å². The number of aromatic nitrogens is 2. The number of nitrogens with zero attached hydrogens (tertiary/aromatic N) is 3. The number of carboxylic acid groups (broad SMARTS) is 1. The minimum absolute atomic E-state index is 0.0351. The van der Waals surface area contributed by atoms with Crippen molar-refractivity contribution in [1.82, 2.24) is 14.7 Å². The number of hydrogen-bond acceptors (Lipinski definition) is 5. The van der Waals surface area contributed by atoms with Crippen molar-refractivity contribution in [2.24, 2.45) is 0 Å². The number of hydrogen-bond donors (Lipinski definition) is 1. The van der Waals surface area contributed by atoms with E-state index in [0.29, 0.717) is 45.0 Å². The maximum atomic E-state index is 14.2. The molecule has 0 radical (unpaired) electrons. The fraction of sp³-hybridized carbons (Fsp3) is 0.172. The van der Waals surface area contributed by atoms with Gasteiger partial charge in [-0.3, -0.25) is 14.3 Å². The lowest BCUT2D eigenvalue weighted by Gasteiger charge is -2.19. The number of carbonyl (C=O) groups is 3. The topological polar surface area (TPSA) is 92.5 Å². The number of fused-ring (bicyclic) bond motifs is 1. The van der Waals surface area contributed by atoms with Gasteiger partial charge in [0.2, 0.25) is 0 Å². The van der Waals surface area contributed by atoms with Gasteiger partial charge in [0.05, 0.1) is 28.7 Å². The number of thioether (sulfide) groups is 1. The van der Waals surface area contributed by atoms with Gasteiger partial charge in [-0.15, -0.1) is 0 Å². The fourth-order valence-corrected chi connectivity index (χ4v) is 5.05. The molecule has 0 atom stereocenters. The van der Waals surface area contributed by atoms with Gasteiger partial charge in [0.15, 0.2) is 5.62 Å². The molecule has 206 valence electrons. The molecule has 0 unspecified atom stereocenters. The van der Waals surface area contributed by atoms with Gasteiger partial charge in [0, 0.05) is 36.5 Å². The van der Waals surface area contributed by atoms with Crippen molar-refractivity contribution in [3.8, 4) is 0 Å². The lowest BCUT2D eigenvalue weighted by atomic mass is 10.0. The van der Waals surface area contributed by atoms with Gasteiger partial charge in [-0.1, -0.05) is 41.9 Å². The summed E-state index contributed by atoms with van der Waals surface area (Å²) in [4.78, 5) is 37.5. The van der Waals surface area contributed by atoms with E-state index in [0.717, 1.165) is 6.92 Å². The summed E-state index contributed by atoms with van der Waals surface area (Å²) in [7, 11) is 1.53. The number of halogens is 3. The molecule has 4 rings (SSSR count). The molecule has 1 amide bonds. The Morgan fingerprint density at radius 2 is 1.88 bits per heavy atom. The van der Waals surface area contributed by atoms with Crippen LogP contribution in [0.1, 0.15) is 39.5 Å². The summed E-state index contributed by atoms with van der Waals surface area (Å²) >= 11 is 6.66. The van der Waals surface area contributed by atoms with Crippen molar-refractivity contribution >= 4 is 57.8 Å². The van der Waals surface area contributed by atoms with Crippen LogP contribution >= 0.6 is 23.4 Å². The molecule has 0 aliphatic rings. The number of likely N-dealkylation sites (N-methyl/N-ethyl adjacent to an activating group) is 1. The van der Waals surface area contributed by atoms with Crippen molar-refractivity contribution in [3.63, 3.8) is 0 Å². The Morgan fingerprint density at radius 3 is 2.58 bits per heavy atom. The predicted molar refractivity (Wildman–Crippen MR) is 152 cm³/mol. The summed E-state index contributed by atoms with van der Waals surface area (Å²) in [6.07, 6.45) is 3.16. The lowest BCUT2D eigenvalue weighted by Crippen LogP contribution is -2.27. The lowest BCUT2D eigenvalue weighted by molar-refractivity contribution is -0.125.